The van der Waals surface area contributed by atoms with E-state index in [0.717, 1.165) is 24.9 Å². The molecule has 1 unspecified atom stereocenters. The summed E-state index contributed by atoms with van der Waals surface area (Å²) in [5, 5.41) is 4.44. The van der Waals surface area contributed by atoms with Crippen LogP contribution in [0.4, 0.5) is 0 Å². The molecule has 16 heavy (non-hydrogen) atoms. The number of rotatable bonds is 5. The number of hydrogen-bond donors (Lipinski definition) is 1. The summed E-state index contributed by atoms with van der Waals surface area (Å²) >= 11 is 11.8. The zero-order valence-electron chi connectivity index (χ0n) is 9.26. The van der Waals surface area contributed by atoms with E-state index < -0.39 is 0 Å². The van der Waals surface area contributed by atoms with Crippen molar-refractivity contribution in [3.05, 3.63) is 33.8 Å². The molecule has 0 amide bonds. The highest BCUT2D eigenvalue weighted by Crippen LogP contribution is 2.23. The van der Waals surface area contributed by atoms with Crippen LogP contribution in [-0.2, 0) is 6.42 Å². The molecule has 1 nitrogen and oxygen atoms in total. The predicted molar refractivity (Wildman–Crippen MR) is 71.1 cm³/mol. The van der Waals surface area contributed by atoms with Gasteiger partial charge in [0.25, 0.3) is 0 Å². The largest absolute Gasteiger partial charge is 0.303 e. The summed E-state index contributed by atoms with van der Waals surface area (Å²) < 4.78 is 0. The molecule has 0 radical (unpaired) electrons. The van der Waals surface area contributed by atoms with Gasteiger partial charge in [-0.2, -0.15) is 0 Å². The first kappa shape index (κ1) is 13.4. The SMILES string of the molecule is C#CC(Cc1ccc(Cl)c(Cl)c1)NCCC. The van der Waals surface area contributed by atoms with Gasteiger partial charge in [-0.1, -0.05) is 42.1 Å². The third kappa shape index (κ3) is 4.06. The van der Waals surface area contributed by atoms with E-state index in [1.165, 1.54) is 0 Å². The van der Waals surface area contributed by atoms with Crippen molar-refractivity contribution in [2.75, 3.05) is 6.54 Å². The minimum atomic E-state index is 0.0530. The van der Waals surface area contributed by atoms with Crippen molar-refractivity contribution in [3.8, 4) is 12.3 Å². The van der Waals surface area contributed by atoms with Gasteiger partial charge in [0, 0.05) is 0 Å². The molecule has 1 aromatic rings. The van der Waals surface area contributed by atoms with E-state index in [-0.39, 0.29) is 6.04 Å². The van der Waals surface area contributed by atoms with Gasteiger partial charge in [-0.05, 0) is 37.1 Å². The lowest BCUT2D eigenvalue weighted by Gasteiger charge is -2.12. The first-order valence-electron chi connectivity index (χ1n) is 5.30. The average molecular weight is 256 g/mol. The van der Waals surface area contributed by atoms with Crippen LogP contribution in [0.2, 0.25) is 10.0 Å². The molecule has 0 aliphatic carbocycles. The molecular formula is C13H15Cl2N. The fraction of sp³-hybridized carbons (Fsp3) is 0.385. The van der Waals surface area contributed by atoms with Crippen LogP contribution in [0.5, 0.6) is 0 Å². The van der Waals surface area contributed by atoms with Crippen LogP contribution in [0.3, 0.4) is 0 Å². The minimum Gasteiger partial charge on any atom is -0.303 e. The first-order valence-corrected chi connectivity index (χ1v) is 6.06. The van der Waals surface area contributed by atoms with E-state index >= 15 is 0 Å². The van der Waals surface area contributed by atoms with Gasteiger partial charge in [-0.15, -0.1) is 6.42 Å². The summed E-state index contributed by atoms with van der Waals surface area (Å²) in [6, 6.07) is 5.66. The number of benzene rings is 1. The highest BCUT2D eigenvalue weighted by molar-refractivity contribution is 6.42. The van der Waals surface area contributed by atoms with Crippen LogP contribution in [0.15, 0.2) is 18.2 Å². The summed E-state index contributed by atoms with van der Waals surface area (Å²) in [4.78, 5) is 0. The topological polar surface area (TPSA) is 12.0 Å². The summed E-state index contributed by atoms with van der Waals surface area (Å²) in [5.74, 6) is 2.73. The van der Waals surface area contributed by atoms with E-state index in [2.05, 4.69) is 18.2 Å². The van der Waals surface area contributed by atoms with Gasteiger partial charge in [0.05, 0.1) is 16.1 Å². The van der Waals surface area contributed by atoms with Crippen LogP contribution in [-0.4, -0.2) is 12.6 Å². The molecule has 0 bridgehead atoms. The maximum Gasteiger partial charge on any atom is 0.0727 e. The third-order valence-corrected chi connectivity index (χ3v) is 3.00. The zero-order valence-corrected chi connectivity index (χ0v) is 10.8. The molecule has 1 rings (SSSR count). The average Bonchev–Trinajstić information content (AvgIpc) is 2.29. The molecule has 0 heterocycles. The maximum absolute atomic E-state index is 5.94. The predicted octanol–water partition coefficient (Wildman–Crippen LogP) is 3.54. The second-order valence-electron chi connectivity index (χ2n) is 3.63. The fourth-order valence-electron chi connectivity index (χ4n) is 1.41. The Morgan fingerprint density at radius 2 is 2.12 bits per heavy atom. The summed E-state index contributed by atoms with van der Waals surface area (Å²) in [6.07, 6.45) is 7.30. The van der Waals surface area contributed by atoms with Gasteiger partial charge in [-0.25, -0.2) is 0 Å². The van der Waals surface area contributed by atoms with Crippen molar-refractivity contribution in [1.82, 2.24) is 5.32 Å². The van der Waals surface area contributed by atoms with Gasteiger partial charge in [0.15, 0.2) is 0 Å². The van der Waals surface area contributed by atoms with E-state index in [0.29, 0.717) is 10.0 Å². The Kier molecular flexibility index (Phi) is 5.69. The van der Waals surface area contributed by atoms with Crippen molar-refractivity contribution >= 4 is 23.2 Å². The number of nitrogens with one attached hydrogen (secondary N) is 1. The molecule has 1 N–H and O–H groups in total. The molecule has 0 saturated carbocycles. The van der Waals surface area contributed by atoms with Crippen molar-refractivity contribution < 1.29 is 0 Å². The van der Waals surface area contributed by atoms with Gasteiger partial charge in [-0.3, -0.25) is 0 Å². The molecule has 0 aliphatic heterocycles. The Morgan fingerprint density at radius 1 is 1.38 bits per heavy atom. The molecule has 1 atom stereocenters. The first-order chi connectivity index (χ1) is 7.67. The lowest BCUT2D eigenvalue weighted by molar-refractivity contribution is 0.598. The standard InChI is InChI=1S/C13H15Cl2N/c1-3-7-16-11(4-2)8-10-5-6-12(14)13(15)9-10/h2,5-6,9,11,16H,3,7-8H2,1H3. The van der Waals surface area contributed by atoms with Gasteiger partial charge in [0.2, 0.25) is 0 Å². The van der Waals surface area contributed by atoms with Crippen molar-refractivity contribution in [2.45, 2.75) is 25.8 Å². The molecule has 0 aromatic heterocycles. The number of terminal acetylenes is 1. The van der Waals surface area contributed by atoms with Crippen molar-refractivity contribution in [3.63, 3.8) is 0 Å². The van der Waals surface area contributed by atoms with Crippen LogP contribution in [0.1, 0.15) is 18.9 Å². The molecule has 0 fully saturated rings. The van der Waals surface area contributed by atoms with E-state index in [1.54, 1.807) is 6.07 Å². The number of halogens is 2. The van der Waals surface area contributed by atoms with Gasteiger partial charge in [0.1, 0.15) is 0 Å². The Bertz CT molecular complexity index is 382. The van der Waals surface area contributed by atoms with Crippen molar-refractivity contribution in [2.24, 2.45) is 0 Å². The quantitative estimate of drug-likeness (QED) is 0.794. The Hall–Kier alpha value is -0.680. The summed E-state index contributed by atoms with van der Waals surface area (Å²) in [6.45, 7) is 3.04. The van der Waals surface area contributed by atoms with Gasteiger partial charge >= 0.3 is 0 Å². The van der Waals surface area contributed by atoms with E-state index in [4.69, 9.17) is 29.6 Å². The van der Waals surface area contributed by atoms with E-state index in [9.17, 15) is 0 Å². The molecule has 0 spiro atoms. The molecule has 86 valence electrons. The zero-order chi connectivity index (χ0) is 12.0. The normalized spacial score (nSPS) is 12.1. The fourth-order valence-corrected chi connectivity index (χ4v) is 1.73. The Morgan fingerprint density at radius 3 is 2.69 bits per heavy atom. The summed E-state index contributed by atoms with van der Waals surface area (Å²) in [7, 11) is 0. The van der Waals surface area contributed by atoms with Crippen LogP contribution in [0, 0.1) is 12.3 Å². The summed E-state index contributed by atoms with van der Waals surface area (Å²) in [5.41, 5.74) is 1.10. The lowest BCUT2D eigenvalue weighted by Crippen LogP contribution is -2.30. The second-order valence-corrected chi connectivity index (χ2v) is 4.44. The molecule has 1 aromatic carbocycles. The second kappa shape index (κ2) is 6.81. The number of hydrogen-bond acceptors (Lipinski definition) is 1. The molecule has 3 heteroatoms. The third-order valence-electron chi connectivity index (χ3n) is 2.27. The van der Waals surface area contributed by atoms with Crippen LogP contribution < -0.4 is 5.32 Å². The van der Waals surface area contributed by atoms with E-state index in [1.807, 2.05) is 12.1 Å². The smallest absolute Gasteiger partial charge is 0.0727 e. The van der Waals surface area contributed by atoms with Crippen LogP contribution >= 0.6 is 23.2 Å². The highest BCUT2D eigenvalue weighted by atomic mass is 35.5. The minimum absolute atomic E-state index is 0.0530. The van der Waals surface area contributed by atoms with Crippen LogP contribution in [0.25, 0.3) is 0 Å². The highest BCUT2D eigenvalue weighted by Gasteiger charge is 2.06. The molecule has 0 aliphatic rings. The lowest BCUT2D eigenvalue weighted by atomic mass is 10.1. The molecule has 0 saturated heterocycles. The van der Waals surface area contributed by atoms with Crippen molar-refractivity contribution in [1.29, 1.82) is 0 Å². The Balaban J connectivity index is 2.64. The monoisotopic (exact) mass is 255 g/mol. The van der Waals surface area contributed by atoms with Gasteiger partial charge < -0.3 is 5.32 Å². The maximum atomic E-state index is 5.94. The Labute approximate surface area is 107 Å². The molecular weight excluding hydrogens is 241 g/mol.